The van der Waals surface area contributed by atoms with Gasteiger partial charge in [-0.1, -0.05) is 18.2 Å². The molecule has 156 valence electrons. The average Bonchev–Trinajstić information content (AvgIpc) is 3.28. The predicted molar refractivity (Wildman–Crippen MR) is 122 cm³/mol. The first kappa shape index (κ1) is 20.2. The summed E-state index contributed by atoms with van der Waals surface area (Å²) in [6.45, 7) is 3.47. The molecule has 1 aliphatic rings. The number of carbonyl (C=O) groups is 1. The molecule has 30 heavy (non-hydrogen) atoms. The Hall–Kier alpha value is -3.05. The minimum absolute atomic E-state index is 0.0342. The molecule has 1 saturated heterocycles. The molecule has 1 heterocycles. The molecule has 0 radical (unpaired) electrons. The molecule has 0 bridgehead atoms. The summed E-state index contributed by atoms with van der Waals surface area (Å²) in [5.74, 6) is 0.898. The zero-order valence-corrected chi connectivity index (χ0v) is 17.8. The molecule has 0 aliphatic carbocycles. The van der Waals surface area contributed by atoms with Gasteiger partial charge >= 0.3 is 0 Å². The minimum Gasteiger partial charge on any atom is -0.497 e. The molecule has 3 aromatic carbocycles. The average molecular weight is 405 g/mol. The number of ether oxygens (including phenoxy) is 1. The van der Waals surface area contributed by atoms with Crippen LogP contribution in [0.15, 0.2) is 60.7 Å². The van der Waals surface area contributed by atoms with Crippen molar-refractivity contribution in [2.24, 2.45) is 0 Å². The normalized spacial score (nSPS) is 14.7. The molecule has 1 amide bonds. The van der Waals surface area contributed by atoms with E-state index >= 15 is 0 Å². The highest BCUT2D eigenvalue weighted by Gasteiger charge is 2.14. The molecule has 1 fully saturated rings. The second-order valence-corrected chi connectivity index (χ2v) is 8.15. The molecule has 0 spiro atoms. The molecule has 5 heteroatoms. The van der Waals surface area contributed by atoms with Gasteiger partial charge in [-0.25, -0.2) is 0 Å². The number of benzene rings is 3. The maximum Gasteiger partial charge on any atom is 0.279 e. The molecular formula is C25H30N3O2+. The van der Waals surface area contributed by atoms with Gasteiger partial charge in [0.25, 0.3) is 5.91 Å². The minimum atomic E-state index is 0.0342. The van der Waals surface area contributed by atoms with Crippen LogP contribution in [0.1, 0.15) is 18.4 Å². The van der Waals surface area contributed by atoms with E-state index in [9.17, 15) is 4.79 Å². The molecule has 2 N–H and O–H groups in total. The van der Waals surface area contributed by atoms with E-state index in [2.05, 4.69) is 46.6 Å². The third kappa shape index (κ3) is 4.92. The molecule has 1 aliphatic heterocycles. The van der Waals surface area contributed by atoms with Crippen LogP contribution in [0, 0.1) is 0 Å². The van der Waals surface area contributed by atoms with Crippen LogP contribution in [0.25, 0.3) is 10.8 Å². The van der Waals surface area contributed by atoms with Crippen LogP contribution in [0.2, 0.25) is 0 Å². The van der Waals surface area contributed by atoms with Crippen LogP contribution in [0.5, 0.6) is 5.75 Å². The number of hydrogen-bond acceptors (Lipinski definition) is 3. The number of nitrogens with one attached hydrogen (secondary N) is 2. The van der Waals surface area contributed by atoms with Gasteiger partial charge in [0, 0.05) is 30.0 Å². The van der Waals surface area contributed by atoms with Gasteiger partial charge in [-0.2, -0.15) is 0 Å². The molecule has 5 nitrogen and oxygen atoms in total. The van der Waals surface area contributed by atoms with Gasteiger partial charge in [-0.3, -0.25) is 4.79 Å². The third-order valence-corrected chi connectivity index (χ3v) is 5.70. The summed E-state index contributed by atoms with van der Waals surface area (Å²) in [6, 6.07) is 20.7. The molecular weight excluding hydrogens is 374 g/mol. The Morgan fingerprint density at radius 2 is 1.70 bits per heavy atom. The van der Waals surface area contributed by atoms with Crippen LogP contribution in [0.4, 0.5) is 11.4 Å². The maximum atomic E-state index is 12.5. The molecule has 3 aromatic rings. The second kappa shape index (κ2) is 9.18. The van der Waals surface area contributed by atoms with Gasteiger partial charge in [-0.05, 0) is 66.1 Å². The van der Waals surface area contributed by atoms with E-state index in [0.717, 1.165) is 41.4 Å². The van der Waals surface area contributed by atoms with Crippen molar-refractivity contribution in [3.05, 3.63) is 66.2 Å². The summed E-state index contributed by atoms with van der Waals surface area (Å²) in [6.07, 6.45) is 2.53. The first-order valence-corrected chi connectivity index (χ1v) is 10.6. The van der Waals surface area contributed by atoms with Crippen molar-refractivity contribution in [2.75, 3.05) is 44.0 Å². The second-order valence-electron chi connectivity index (χ2n) is 8.15. The highest BCUT2D eigenvalue weighted by Crippen LogP contribution is 2.22. The standard InChI is InChI=1S/C25H29N3O2/c1-27(17-19-5-6-21-16-24(30-2)12-7-20(21)15-19)18-25(29)26-22-8-10-23(11-9-22)28-13-3-4-14-28/h5-12,15-16H,3-4,13-14,17-18H2,1-2H3,(H,26,29)/p+1. The van der Waals surface area contributed by atoms with Crippen LogP contribution in [0.3, 0.4) is 0 Å². The smallest absolute Gasteiger partial charge is 0.279 e. The summed E-state index contributed by atoms with van der Waals surface area (Å²) in [5.41, 5.74) is 3.31. The Morgan fingerprint density at radius 3 is 2.43 bits per heavy atom. The highest BCUT2D eigenvalue weighted by molar-refractivity contribution is 5.91. The first-order valence-electron chi connectivity index (χ1n) is 10.6. The van der Waals surface area contributed by atoms with Gasteiger partial charge in [0.1, 0.15) is 12.3 Å². The van der Waals surface area contributed by atoms with Crippen molar-refractivity contribution in [2.45, 2.75) is 19.4 Å². The first-order chi connectivity index (χ1) is 14.6. The van der Waals surface area contributed by atoms with E-state index in [1.807, 2.05) is 31.3 Å². The Morgan fingerprint density at radius 1 is 1.00 bits per heavy atom. The maximum absolute atomic E-state index is 12.5. The van der Waals surface area contributed by atoms with Crippen molar-refractivity contribution in [1.82, 2.24) is 0 Å². The SMILES string of the molecule is COc1ccc2cc(C[NH+](C)CC(=O)Nc3ccc(N4CCCC4)cc3)ccc2c1. The van der Waals surface area contributed by atoms with Crippen molar-refractivity contribution in [1.29, 1.82) is 0 Å². The third-order valence-electron chi connectivity index (χ3n) is 5.70. The molecule has 1 unspecified atom stereocenters. The summed E-state index contributed by atoms with van der Waals surface area (Å²) in [4.78, 5) is 16.0. The summed E-state index contributed by atoms with van der Waals surface area (Å²) in [7, 11) is 3.73. The van der Waals surface area contributed by atoms with Crippen LogP contribution >= 0.6 is 0 Å². The quantitative estimate of drug-likeness (QED) is 0.636. The van der Waals surface area contributed by atoms with Crippen LogP contribution < -0.4 is 19.9 Å². The summed E-state index contributed by atoms with van der Waals surface area (Å²) < 4.78 is 5.29. The van der Waals surface area contributed by atoms with Crippen LogP contribution in [-0.2, 0) is 11.3 Å². The van der Waals surface area contributed by atoms with E-state index in [1.54, 1.807) is 7.11 Å². The van der Waals surface area contributed by atoms with Gasteiger partial charge < -0.3 is 19.9 Å². The van der Waals surface area contributed by atoms with Gasteiger partial charge in [0.15, 0.2) is 6.54 Å². The lowest BCUT2D eigenvalue weighted by atomic mass is 10.1. The summed E-state index contributed by atoms with van der Waals surface area (Å²) in [5, 5.41) is 5.37. The number of anilines is 2. The number of fused-ring (bicyclic) bond motifs is 1. The summed E-state index contributed by atoms with van der Waals surface area (Å²) >= 11 is 0. The van der Waals surface area contributed by atoms with E-state index in [-0.39, 0.29) is 5.91 Å². The number of carbonyl (C=O) groups excluding carboxylic acids is 1. The Labute approximate surface area is 178 Å². The molecule has 0 saturated carbocycles. The number of amides is 1. The van der Waals surface area contributed by atoms with Crippen molar-refractivity contribution < 1.29 is 14.4 Å². The molecule has 0 aromatic heterocycles. The number of quaternary nitrogens is 1. The van der Waals surface area contributed by atoms with Crippen molar-refractivity contribution in [3.8, 4) is 5.75 Å². The Balaban J connectivity index is 1.31. The number of hydrogen-bond donors (Lipinski definition) is 2. The number of rotatable bonds is 7. The Kier molecular flexibility index (Phi) is 6.19. The van der Waals surface area contributed by atoms with E-state index < -0.39 is 0 Å². The Bertz CT molecular complexity index is 1010. The highest BCUT2D eigenvalue weighted by atomic mass is 16.5. The van der Waals surface area contributed by atoms with E-state index in [1.165, 1.54) is 29.5 Å². The van der Waals surface area contributed by atoms with Crippen LogP contribution in [-0.4, -0.2) is 39.7 Å². The lowest BCUT2D eigenvalue weighted by Crippen LogP contribution is -3.08. The van der Waals surface area contributed by atoms with E-state index in [0.29, 0.717) is 6.54 Å². The fourth-order valence-electron chi connectivity index (χ4n) is 4.13. The zero-order chi connectivity index (χ0) is 20.9. The topological polar surface area (TPSA) is 46.0 Å². The van der Waals surface area contributed by atoms with E-state index in [4.69, 9.17) is 4.74 Å². The lowest BCUT2D eigenvalue weighted by molar-refractivity contribution is -0.885. The number of nitrogens with zero attached hydrogens (tertiary/aromatic N) is 1. The zero-order valence-electron chi connectivity index (χ0n) is 17.8. The van der Waals surface area contributed by atoms with Crippen molar-refractivity contribution >= 4 is 28.1 Å². The fourth-order valence-corrected chi connectivity index (χ4v) is 4.13. The largest absolute Gasteiger partial charge is 0.497 e. The molecule has 1 atom stereocenters. The monoisotopic (exact) mass is 404 g/mol. The fraction of sp³-hybridized carbons (Fsp3) is 0.320. The number of likely N-dealkylation sites (N-methyl/N-ethyl adjacent to an activating group) is 1. The predicted octanol–water partition coefficient (Wildman–Crippen LogP) is 3.10. The molecule has 4 rings (SSSR count). The van der Waals surface area contributed by atoms with Gasteiger partial charge in [0.05, 0.1) is 14.2 Å². The lowest BCUT2D eigenvalue weighted by Gasteiger charge is -2.18. The van der Waals surface area contributed by atoms with Gasteiger partial charge in [0.2, 0.25) is 0 Å². The number of methoxy groups -OCH3 is 1. The van der Waals surface area contributed by atoms with Crippen molar-refractivity contribution in [3.63, 3.8) is 0 Å². The van der Waals surface area contributed by atoms with Gasteiger partial charge in [-0.15, -0.1) is 0 Å².